The zero-order chi connectivity index (χ0) is 14.5. The maximum absolute atomic E-state index is 12.2. The standard InChI is InChI=1S/C15H25N5O.ClH/c21-15(14-12-11-16-6-5-13(12)18-19-14)17-7-10-20-8-3-1-2-4-9-20;/h16H,1-11H2,(H,17,21)(H,18,19);1H. The largest absolute Gasteiger partial charge is 0.349 e. The molecule has 1 amide bonds. The summed E-state index contributed by atoms with van der Waals surface area (Å²) < 4.78 is 0. The molecule has 6 nitrogen and oxygen atoms in total. The Bertz CT molecular complexity index is 482. The molecule has 2 aliphatic heterocycles. The van der Waals surface area contributed by atoms with Gasteiger partial charge in [0.2, 0.25) is 0 Å². The zero-order valence-corrected chi connectivity index (χ0v) is 13.8. The Balaban J connectivity index is 0.00000176. The number of hydrogen-bond donors (Lipinski definition) is 3. The third-order valence-corrected chi connectivity index (χ3v) is 4.43. The van der Waals surface area contributed by atoms with Crippen LogP contribution in [0.5, 0.6) is 0 Å². The second-order valence-electron chi connectivity index (χ2n) is 5.97. The number of aromatic amines is 1. The first-order valence-electron chi connectivity index (χ1n) is 8.12. The first-order valence-corrected chi connectivity index (χ1v) is 8.12. The van der Waals surface area contributed by atoms with E-state index in [0.717, 1.165) is 50.4 Å². The molecule has 7 heteroatoms. The van der Waals surface area contributed by atoms with Crippen LogP contribution in [0.3, 0.4) is 0 Å². The van der Waals surface area contributed by atoms with Crippen LogP contribution < -0.4 is 10.6 Å². The molecule has 0 spiro atoms. The topological polar surface area (TPSA) is 73.0 Å². The summed E-state index contributed by atoms with van der Waals surface area (Å²) in [5.74, 6) is -0.0500. The fraction of sp³-hybridized carbons (Fsp3) is 0.733. The lowest BCUT2D eigenvalue weighted by Crippen LogP contribution is -2.36. The number of likely N-dealkylation sites (tertiary alicyclic amines) is 1. The fourth-order valence-corrected chi connectivity index (χ4v) is 3.18. The van der Waals surface area contributed by atoms with Crippen LogP contribution in [0.2, 0.25) is 0 Å². The minimum atomic E-state index is -0.0500. The van der Waals surface area contributed by atoms with Crippen molar-refractivity contribution in [3.05, 3.63) is 17.0 Å². The van der Waals surface area contributed by atoms with E-state index in [0.29, 0.717) is 12.2 Å². The van der Waals surface area contributed by atoms with Gasteiger partial charge in [0.25, 0.3) is 5.91 Å². The van der Waals surface area contributed by atoms with Crippen LogP contribution >= 0.6 is 12.4 Å². The molecule has 1 saturated heterocycles. The lowest BCUT2D eigenvalue weighted by Gasteiger charge is -2.19. The van der Waals surface area contributed by atoms with Crippen LogP contribution in [-0.2, 0) is 13.0 Å². The summed E-state index contributed by atoms with van der Waals surface area (Å²) >= 11 is 0. The Hall–Kier alpha value is -1.11. The van der Waals surface area contributed by atoms with Crippen molar-refractivity contribution in [2.45, 2.75) is 38.6 Å². The molecule has 3 N–H and O–H groups in total. The van der Waals surface area contributed by atoms with E-state index >= 15 is 0 Å². The molecule has 0 radical (unpaired) electrons. The van der Waals surface area contributed by atoms with Gasteiger partial charge in [-0.3, -0.25) is 9.89 Å². The second-order valence-corrected chi connectivity index (χ2v) is 5.97. The van der Waals surface area contributed by atoms with Gasteiger partial charge < -0.3 is 15.5 Å². The molecule has 1 fully saturated rings. The van der Waals surface area contributed by atoms with Gasteiger partial charge in [-0.1, -0.05) is 12.8 Å². The van der Waals surface area contributed by atoms with Gasteiger partial charge in [-0.25, -0.2) is 0 Å². The minimum Gasteiger partial charge on any atom is -0.349 e. The number of carbonyl (C=O) groups excluding carboxylic acids is 1. The number of nitrogens with zero attached hydrogens (tertiary/aromatic N) is 2. The normalized spacial score (nSPS) is 18.9. The van der Waals surface area contributed by atoms with E-state index in [4.69, 9.17) is 0 Å². The Morgan fingerprint density at radius 2 is 2.00 bits per heavy atom. The van der Waals surface area contributed by atoms with Crippen LogP contribution in [0, 0.1) is 0 Å². The lowest BCUT2D eigenvalue weighted by atomic mass is 10.1. The number of hydrogen-bond acceptors (Lipinski definition) is 4. The molecular formula is C15H26ClN5O. The number of rotatable bonds is 4. The van der Waals surface area contributed by atoms with Crippen molar-refractivity contribution in [1.82, 2.24) is 25.7 Å². The molecular weight excluding hydrogens is 302 g/mol. The maximum atomic E-state index is 12.2. The molecule has 0 saturated carbocycles. The number of halogens is 1. The van der Waals surface area contributed by atoms with Gasteiger partial charge in [0.05, 0.1) is 0 Å². The van der Waals surface area contributed by atoms with Crippen LogP contribution in [0.25, 0.3) is 0 Å². The summed E-state index contributed by atoms with van der Waals surface area (Å²) in [6, 6.07) is 0. The van der Waals surface area contributed by atoms with E-state index in [-0.39, 0.29) is 18.3 Å². The van der Waals surface area contributed by atoms with Crippen molar-refractivity contribution in [2.75, 3.05) is 32.7 Å². The second kappa shape index (κ2) is 8.50. The highest BCUT2D eigenvalue weighted by Crippen LogP contribution is 2.15. The van der Waals surface area contributed by atoms with Crippen LogP contribution in [-0.4, -0.2) is 53.7 Å². The van der Waals surface area contributed by atoms with Crippen LogP contribution in [0.15, 0.2) is 0 Å². The van der Waals surface area contributed by atoms with Crippen molar-refractivity contribution in [2.24, 2.45) is 0 Å². The highest BCUT2D eigenvalue weighted by atomic mass is 35.5. The predicted molar refractivity (Wildman–Crippen MR) is 88.5 cm³/mol. The van der Waals surface area contributed by atoms with Crippen molar-refractivity contribution in [3.8, 4) is 0 Å². The molecule has 0 unspecified atom stereocenters. The molecule has 1 aromatic heterocycles. The van der Waals surface area contributed by atoms with E-state index in [1.165, 1.54) is 25.7 Å². The smallest absolute Gasteiger partial charge is 0.272 e. The van der Waals surface area contributed by atoms with Crippen molar-refractivity contribution in [1.29, 1.82) is 0 Å². The molecule has 3 rings (SSSR count). The van der Waals surface area contributed by atoms with E-state index in [2.05, 4.69) is 25.7 Å². The Kier molecular flexibility index (Phi) is 6.67. The fourth-order valence-electron chi connectivity index (χ4n) is 3.18. The SMILES string of the molecule is Cl.O=C(NCCN1CCCCCC1)c1n[nH]c2c1CNCC2. The van der Waals surface area contributed by atoms with E-state index in [9.17, 15) is 4.79 Å². The number of nitrogens with one attached hydrogen (secondary N) is 3. The third-order valence-electron chi connectivity index (χ3n) is 4.43. The molecule has 0 aliphatic carbocycles. The molecule has 0 aromatic carbocycles. The first-order chi connectivity index (χ1) is 10.3. The third kappa shape index (κ3) is 4.21. The molecule has 0 bridgehead atoms. The van der Waals surface area contributed by atoms with Crippen molar-refractivity contribution < 1.29 is 4.79 Å². The molecule has 2 aliphatic rings. The van der Waals surface area contributed by atoms with Crippen LogP contribution in [0.1, 0.15) is 47.4 Å². The molecule has 124 valence electrons. The minimum absolute atomic E-state index is 0. The van der Waals surface area contributed by atoms with Gasteiger partial charge in [-0.15, -0.1) is 12.4 Å². The Morgan fingerprint density at radius 1 is 1.23 bits per heavy atom. The van der Waals surface area contributed by atoms with E-state index in [1.54, 1.807) is 0 Å². The number of fused-ring (bicyclic) bond motifs is 1. The number of amides is 1. The van der Waals surface area contributed by atoms with Gasteiger partial charge >= 0.3 is 0 Å². The van der Waals surface area contributed by atoms with Crippen molar-refractivity contribution in [3.63, 3.8) is 0 Å². The Labute approximate surface area is 137 Å². The van der Waals surface area contributed by atoms with Gasteiger partial charge in [0.1, 0.15) is 0 Å². The highest BCUT2D eigenvalue weighted by molar-refractivity contribution is 5.94. The number of H-pyrrole nitrogens is 1. The quantitative estimate of drug-likeness (QED) is 0.774. The molecule has 1 aromatic rings. The summed E-state index contributed by atoms with van der Waals surface area (Å²) in [6.07, 6.45) is 6.17. The van der Waals surface area contributed by atoms with Crippen molar-refractivity contribution >= 4 is 18.3 Å². The van der Waals surface area contributed by atoms with Gasteiger partial charge in [-0.05, 0) is 25.9 Å². The van der Waals surface area contributed by atoms with E-state index < -0.39 is 0 Å². The molecule has 0 atom stereocenters. The summed E-state index contributed by atoms with van der Waals surface area (Å²) in [6.45, 7) is 5.66. The number of carbonyl (C=O) groups is 1. The lowest BCUT2D eigenvalue weighted by molar-refractivity contribution is 0.0942. The maximum Gasteiger partial charge on any atom is 0.272 e. The summed E-state index contributed by atoms with van der Waals surface area (Å²) in [4.78, 5) is 14.7. The highest BCUT2D eigenvalue weighted by Gasteiger charge is 2.21. The molecule has 3 heterocycles. The first kappa shape index (κ1) is 17.2. The summed E-state index contributed by atoms with van der Waals surface area (Å²) in [7, 11) is 0. The average molecular weight is 328 g/mol. The van der Waals surface area contributed by atoms with Gasteiger partial charge in [-0.2, -0.15) is 5.10 Å². The van der Waals surface area contributed by atoms with Gasteiger partial charge in [0, 0.05) is 43.9 Å². The predicted octanol–water partition coefficient (Wildman–Crippen LogP) is 1.08. The number of aromatic nitrogens is 2. The van der Waals surface area contributed by atoms with E-state index in [1.807, 2.05) is 0 Å². The van der Waals surface area contributed by atoms with Crippen LogP contribution in [0.4, 0.5) is 0 Å². The molecule has 22 heavy (non-hydrogen) atoms. The van der Waals surface area contributed by atoms with Gasteiger partial charge in [0.15, 0.2) is 5.69 Å². The monoisotopic (exact) mass is 327 g/mol. The average Bonchev–Trinajstić information content (AvgIpc) is 2.77. The summed E-state index contributed by atoms with van der Waals surface area (Å²) in [5, 5.41) is 13.5. The summed E-state index contributed by atoms with van der Waals surface area (Å²) in [5.41, 5.74) is 2.70. The Morgan fingerprint density at radius 3 is 2.77 bits per heavy atom. The zero-order valence-electron chi connectivity index (χ0n) is 13.0.